The van der Waals surface area contributed by atoms with Crippen LogP contribution in [0.1, 0.15) is 22.3 Å². The first-order valence-corrected chi connectivity index (χ1v) is 20.8. The van der Waals surface area contributed by atoms with Gasteiger partial charge in [-0.15, -0.1) is 0 Å². The Morgan fingerprint density at radius 3 is 0.877 bits per heavy atom. The summed E-state index contributed by atoms with van der Waals surface area (Å²) in [4.78, 5) is 19.4. The molecule has 9 heteroatoms. The lowest BCUT2D eigenvalue weighted by Gasteiger charge is -2.11. The molecule has 10 aromatic carbocycles. The van der Waals surface area contributed by atoms with Crippen molar-refractivity contribution in [2.24, 2.45) is 20.0 Å². The highest BCUT2D eigenvalue weighted by Gasteiger charge is 2.13. The largest absolute Gasteiger partial charge is 0.507 e. The van der Waals surface area contributed by atoms with Gasteiger partial charge in [-0.1, -0.05) is 121 Å². The zero-order valence-corrected chi connectivity index (χ0v) is 34.6. The maximum atomic E-state index is 11.0. The van der Waals surface area contributed by atoms with Crippen molar-refractivity contribution in [1.82, 2.24) is 0 Å². The van der Waals surface area contributed by atoms with E-state index in [-0.39, 0.29) is 23.0 Å². The Morgan fingerprint density at radius 2 is 0.569 bits per heavy atom. The van der Waals surface area contributed by atoms with Gasteiger partial charge >= 0.3 is 0 Å². The van der Waals surface area contributed by atoms with Gasteiger partial charge in [0.25, 0.3) is 0 Å². The summed E-state index contributed by atoms with van der Waals surface area (Å²) < 4.78 is 6.51. The summed E-state index contributed by atoms with van der Waals surface area (Å²) in [5, 5.41) is 50.9. The SMILES string of the molecule is Oc1ccc2ccccc2c1C=Nc1ccc(Oc2ccc(N=Cc3c(O)ccc4ccccc34)c(N=Cc3c(O)ccc4ccccc34)c2)cc1N=Cc1c(O)ccc2ccccc12. The molecule has 0 fully saturated rings. The van der Waals surface area contributed by atoms with E-state index in [2.05, 4.69) is 0 Å². The molecule has 10 aromatic rings. The first-order valence-electron chi connectivity index (χ1n) is 20.8. The number of hydrogen-bond acceptors (Lipinski definition) is 9. The molecule has 0 atom stereocenters. The molecular weight excluding hydrogens is 809 g/mol. The average molecular weight is 847 g/mol. The predicted octanol–water partition coefficient (Wildman–Crippen LogP) is 13.9. The molecule has 312 valence electrons. The van der Waals surface area contributed by atoms with Crippen LogP contribution < -0.4 is 4.74 Å². The summed E-state index contributed by atoms with van der Waals surface area (Å²) in [5.74, 6) is 1.21. The van der Waals surface area contributed by atoms with Crippen LogP contribution in [0.2, 0.25) is 0 Å². The molecule has 65 heavy (non-hydrogen) atoms. The van der Waals surface area contributed by atoms with E-state index in [4.69, 9.17) is 24.7 Å². The van der Waals surface area contributed by atoms with Crippen molar-refractivity contribution < 1.29 is 25.2 Å². The van der Waals surface area contributed by atoms with Gasteiger partial charge in [0.2, 0.25) is 0 Å². The smallest absolute Gasteiger partial charge is 0.129 e. The van der Waals surface area contributed by atoms with E-state index in [1.54, 1.807) is 85.5 Å². The number of aromatic hydroxyl groups is 4. The number of phenolic OH excluding ortho intramolecular Hbond substituents is 4. The fourth-order valence-electron chi connectivity index (χ4n) is 7.91. The number of fused-ring (bicyclic) bond motifs is 4. The van der Waals surface area contributed by atoms with Crippen LogP contribution in [0.3, 0.4) is 0 Å². The summed E-state index contributed by atoms with van der Waals surface area (Å²) >= 11 is 0. The van der Waals surface area contributed by atoms with Crippen LogP contribution in [0.25, 0.3) is 43.1 Å². The van der Waals surface area contributed by atoms with E-state index in [9.17, 15) is 20.4 Å². The van der Waals surface area contributed by atoms with E-state index < -0.39 is 0 Å². The van der Waals surface area contributed by atoms with Crippen molar-refractivity contribution in [1.29, 1.82) is 0 Å². The first-order chi connectivity index (χ1) is 31.9. The molecule has 10 rings (SSSR count). The lowest BCUT2D eigenvalue weighted by molar-refractivity contribution is 0.475. The third-order valence-electron chi connectivity index (χ3n) is 11.3. The molecule has 0 aliphatic heterocycles. The van der Waals surface area contributed by atoms with Gasteiger partial charge in [-0.25, -0.2) is 0 Å². The second-order valence-corrected chi connectivity index (χ2v) is 15.3. The highest BCUT2D eigenvalue weighted by molar-refractivity contribution is 6.07. The van der Waals surface area contributed by atoms with Gasteiger partial charge in [0.15, 0.2) is 0 Å². The molecule has 0 aromatic heterocycles. The summed E-state index contributed by atoms with van der Waals surface area (Å²) in [6.07, 6.45) is 6.47. The maximum absolute atomic E-state index is 11.0. The van der Waals surface area contributed by atoms with Gasteiger partial charge in [-0.3, -0.25) is 20.0 Å². The van der Waals surface area contributed by atoms with E-state index >= 15 is 0 Å². The Kier molecular flexibility index (Phi) is 10.7. The highest BCUT2D eigenvalue weighted by atomic mass is 16.5. The molecular formula is C56H38N4O5. The summed E-state index contributed by atoms with van der Waals surface area (Å²) in [6, 6.07) is 55.7. The predicted molar refractivity (Wildman–Crippen MR) is 264 cm³/mol. The standard InChI is InChI=1S/C56H38N4O5/c61-53-25-17-35-9-1-5-13-41(35)45(53)31-57-49-23-21-39(29-51(49)59-33-47-43-15-7-3-11-37(43)19-27-55(47)63)65-40-22-24-50(58-32-46-42-14-6-2-10-36(42)18-26-54(46)62)52(30-40)60-34-48-44-16-8-4-12-38(44)20-28-56(48)64/h1-34,61-64H. The fraction of sp³-hybridized carbons (Fsp3) is 0. The van der Waals surface area contributed by atoms with Gasteiger partial charge in [-0.05, 0) is 91.6 Å². The normalized spacial score (nSPS) is 12.0. The summed E-state index contributed by atoms with van der Waals surface area (Å²) in [7, 11) is 0. The number of benzene rings is 10. The molecule has 9 nitrogen and oxygen atoms in total. The number of rotatable bonds is 10. The minimum Gasteiger partial charge on any atom is -0.507 e. The Morgan fingerprint density at radius 1 is 0.292 bits per heavy atom. The Bertz CT molecular complexity index is 3360. The molecule has 0 amide bonds. The number of ether oxygens (including phenoxy) is 1. The Balaban J connectivity index is 1.05. The van der Waals surface area contributed by atoms with E-state index in [0.717, 1.165) is 43.1 Å². The summed E-state index contributed by atoms with van der Waals surface area (Å²) in [5.41, 5.74) is 4.07. The lowest BCUT2D eigenvalue weighted by atomic mass is 10.0. The number of phenols is 4. The zero-order chi connectivity index (χ0) is 44.3. The van der Waals surface area contributed by atoms with Crippen LogP contribution in [-0.2, 0) is 0 Å². The van der Waals surface area contributed by atoms with Gasteiger partial charge < -0.3 is 25.2 Å². The van der Waals surface area contributed by atoms with Crippen molar-refractivity contribution in [2.75, 3.05) is 0 Å². The van der Waals surface area contributed by atoms with Crippen LogP contribution in [-0.4, -0.2) is 45.3 Å². The monoisotopic (exact) mass is 846 g/mol. The van der Waals surface area contributed by atoms with Crippen LogP contribution in [0.4, 0.5) is 22.7 Å². The second-order valence-electron chi connectivity index (χ2n) is 15.3. The number of hydrogen-bond donors (Lipinski definition) is 4. The van der Waals surface area contributed by atoms with Crippen molar-refractivity contribution in [2.45, 2.75) is 0 Å². The molecule has 0 bridgehead atoms. The van der Waals surface area contributed by atoms with Crippen molar-refractivity contribution >= 4 is 90.7 Å². The molecule has 4 N–H and O–H groups in total. The molecule has 0 spiro atoms. The topological polar surface area (TPSA) is 140 Å². The molecule has 0 saturated carbocycles. The Hall–Kier alpha value is -9.08. The molecule has 0 heterocycles. The molecule has 0 saturated heterocycles. The molecule has 0 unspecified atom stereocenters. The quantitative estimate of drug-likeness (QED) is 0.101. The maximum Gasteiger partial charge on any atom is 0.129 e. The van der Waals surface area contributed by atoms with Crippen molar-refractivity contribution in [3.63, 3.8) is 0 Å². The van der Waals surface area contributed by atoms with Crippen LogP contribution in [0, 0.1) is 0 Å². The first kappa shape index (κ1) is 40.0. The van der Waals surface area contributed by atoms with Gasteiger partial charge in [0.1, 0.15) is 34.5 Å². The van der Waals surface area contributed by atoms with Gasteiger partial charge in [-0.2, -0.15) is 0 Å². The molecule has 0 radical (unpaired) electrons. The van der Waals surface area contributed by atoms with E-state index in [0.29, 0.717) is 56.5 Å². The minimum atomic E-state index is 0.0777. The lowest BCUT2D eigenvalue weighted by Crippen LogP contribution is -1.89. The minimum absolute atomic E-state index is 0.0777. The number of aliphatic imine (C=N–C) groups is 4. The molecule has 0 aliphatic carbocycles. The molecule has 0 aliphatic rings. The van der Waals surface area contributed by atoms with Gasteiger partial charge in [0, 0.05) is 59.2 Å². The van der Waals surface area contributed by atoms with Gasteiger partial charge in [0.05, 0.1) is 22.7 Å². The zero-order valence-electron chi connectivity index (χ0n) is 34.6. The van der Waals surface area contributed by atoms with Crippen LogP contribution >= 0.6 is 0 Å². The van der Waals surface area contributed by atoms with E-state index in [1.807, 2.05) is 121 Å². The number of nitrogens with zero attached hydrogens (tertiary/aromatic N) is 4. The van der Waals surface area contributed by atoms with E-state index in [1.165, 1.54) is 0 Å². The summed E-state index contributed by atoms with van der Waals surface area (Å²) in [6.45, 7) is 0. The highest BCUT2D eigenvalue weighted by Crippen LogP contribution is 2.39. The Labute approximate surface area is 373 Å². The third kappa shape index (κ3) is 8.20. The van der Waals surface area contributed by atoms with Crippen molar-refractivity contribution in [3.8, 4) is 34.5 Å². The second kappa shape index (κ2) is 17.4. The third-order valence-corrected chi connectivity index (χ3v) is 11.3. The fourth-order valence-corrected chi connectivity index (χ4v) is 7.91. The van der Waals surface area contributed by atoms with Crippen LogP contribution in [0.5, 0.6) is 34.5 Å². The van der Waals surface area contributed by atoms with Crippen molar-refractivity contribution in [3.05, 3.63) is 204 Å². The van der Waals surface area contributed by atoms with Crippen LogP contribution in [0.15, 0.2) is 202 Å². The average Bonchev–Trinajstić information content (AvgIpc) is 3.33.